The zero-order valence-corrected chi connectivity index (χ0v) is 11.2. The molecular weight excluding hydrogens is 229 g/mol. The Morgan fingerprint density at radius 2 is 2.28 bits per heavy atom. The summed E-state index contributed by atoms with van der Waals surface area (Å²) in [6.07, 6.45) is 2.50. The molecule has 1 saturated heterocycles. The molecular formula is C14H22FN3. The highest BCUT2D eigenvalue weighted by Gasteiger charge is 2.22. The second-order valence-corrected chi connectivity index (χ2v) is 5.29. The van der Waals surface area contributed by atoms with Crippen LogP contribution in [0, 0.1) is 5.82 Å². The number of likely N-dealkylation sites (N-methyl/N-ethyl adjacent to an activating group) is 2. The minimum atomic E-state index is -0.274. The van der Waals surface area contributed by atoms with Gasteiger partial charge in [0, 0.05) is 24.7 Å². The minimum Gasteiger partial charge on any atom is -0.396 e. The molecule has 2 rings (SSSR count). The Balaban J connectivity index is 1.94. The van der Waals surface area contributed by atoms with Crippen LogP contribution in [0.4, 0.5) is 10.1 Å². The van der Waals surface area contributed by atoms with Crippen LogP contribution >= 0.6 is 0 Å². The van der Waals surface area contributed by atoms with Gasteiger partial charge in [0.1, 0.15) is 0 Å². The van der Waals surface area contributed by atoms with Crippen molar-refractivity contribution in [1.82, 2.24) is 9.80 Å². The molecule has 0 spiro atoms. The number of likely N-dealkylation sites (tertiary alicyclic amines) is 1. The summed E-state index contributed by atoms with van der Waals surface area (Å²) < 4.78 is 13.8. The Bertz CT molecular complexity index is 408. The van der Waals surface area contributed by atoms with E-state index in [0.29, 0.717) is 18.2 Å². The number of nitrogens with zero attached hydrogens (tertiary/aromatic N) is 2. The van der Waals surface area contributed by atoms with Crippen molar-refractivity contribution in [3.8, 4) is 0 Å². The molecule has 100 valence electrons. The summed E-state index contributed by atoms with van der Waals surface area (Å²) in [6.45, 7) is 2.76. The number of benzene rings is 1. The fourth-order valence-electron chi connectivity index (χ4n) is 2.65. The molecule has 0 amide bonds. The van der Waals surface area contributed by atoms with E-state index in [1.807, 2.05) is 13.1 Å². The van der Waals surface area contributed by atoms with Gasteiger partial charge in [-0.25, -0.2) is 4.39 Å². The lowest BCUT2D eigenvalue weighted by molar-refractivity contribution is 0.214. The zero-order valence-electron chi connectivity index (χ0n) is 11.2. The number of nitrogen functional groups attached to an aromatic ring is 1. The largest absolute Gasteiger partial charge is 0.396 e. The lowest BCUT2D eigenvalue weighted by atomic mass is 10.1. The predicted octanol–water partition coefficient (Wildman–Crippen LogP) is 1.93. The lowest BCUT2D eigenvalue weighted by Crippen LogP contribution is -2.36. The van der Waals surface area contributed by atoms with Crippen molar-refractivity contribution in [3.63, 3.8) is 0 Å². The highest BCUT2D eigenvalue weighted by molar-refractivity contribution is 5.42. The van der Waals surface area contributed by atoms with Gasteiger partial charge < -0.3 is 15.5 Å². The van der Waals surface area contributed by atoms with Crippen LogP contribution in [0.2, 0.25) is 0 Å². The molecule has 4 heteroatoms. The average molecular weight is 251 g/mol. The highest BCUT2D eigenvalue weighted by atomic mass is 19.1. The van der Waals surface area contributed by atoms with Crippen LogP contribution in [-0.4, -0.2) is 43.0 Å². The van der Waals surface area contributed by atoms with Gasteiger partial charge in [-0.2, -0.15) is 0 Å². The maximum absolute atomic E-state index is 13.8. The number of nitrogens with two attached hydrogens (primary N) is 1. The molecule has 1 heterocycles. The quantitative estimate of drug-likeness (QED) is 0.830. The molecule has 18 heavy (non-hydrogen) atoms. The summed E-state index contributed by atoms with van der Waals surface area (Å²) in [5.41, 5.74) is 6.49. The number of hydrogen-bond acceptors (Lipinski definition) is 3. The molecule has 1 fully saturated rings. The summed E-state index contributed by atoms with van der Waals surface area (Å²) >= 11 is 0. The third-order valence-corrected chi connectivity index (χ3v) is 3.74. The first-order chi connectivity index (χ1) is 8.58. The first-order valence-electron chi connectivity index (χ1n) is 6.49. The van der Waals surface area contributed by atoms with E-state index in [2.05, 4.69) is 16.8 Å². The fourth-order valence-corrected chi connectivity index (χ4v) is 2.65. The smallest absolute Gasteiger partial charge is 0.150 e. The van der Waals surface area contributed by atoms with Gasteiger partial charge in [-0.05, 0) is 39.5 Å². The van der Waals surface area contributed by atoms with Crippen molar-refractivity contribution in [2.45, 2.75) is 25.4 Å². The highest BCUT2D eigenvalue weighted by Crippen LogP contribution is 2.19. The standard InChI is InChI=1S/C14H22FN3/c1-17(10-12-6-4-8-18(12)2)9-11-5-3-7-13(16)14(11)15/h3,5,7,12H,4,6,8-10,16H2,1-2H3. The van der Waals surface area contributed by atoms with Crippen LogP contribution in [0.1, 0.15) is 18.4 Å². The van der Waals surface area contributed by atoms with Crippen molar-refractivity contribution in [1.29, 1.82) is 0 Å². The van der Waals surface area contributed by atoms with Crippen LogP contribution in [0.25, 0.3) is 0 Å². The molecule has 0 saturated carbocycles. The summed E-state index contributed by atoms with van der Waals surface area (Å²) in [7, 11) is 4.20. The van der Waals surface area contributed by atoms with E-state index in [1.54, 1.807) is 12.1 Å². The van der Waals surface area contributed by atoms with Gasteiger partial charge in [0.2, 0.25) is 0 Å². The molecule has 3 nitrogen and oxygen atoms in total. The molecule has 1 aliphatic rings. The van der Waals surface area contributed by atoms with E-state index in [4.69, 9.17) is 5.73 Å². The molecule has 2 N–H and O–H groups in total. The zero-order chi connectivity index (χ0) is 13.1. The van der Waals surface area contributed by atoms with E-state index in [-0.39, 0.29) is 11.5 Å². The summed E-state index contributed by atoms with van der Waals surface area (Å²) in [4.78, 5) is 4.55. The number of hydrogen-bond donors (Lipinski definition) is 1. The SMILES string of the molecule is CN(Cc1cccc(N)c1F)CC1CCCN1C. The molecule has 1 aliphatic heterocycles. The monoisotopic (exact) mass is 251 g/mol. The van der Waals surface area contributed by atoms with Crippen LogP contribution < -0.4 is 5.73 Å². The number of halogens is 1. The maximum atomic E-state index is 13.8. The van der Waals surface area contributed by atoms with E-state index >= 15 is 0 Å². The van der Waals surface area contributed by atoms with Crippen molar-refractivity contribution < 1.29 is 4.39 Å². The second-order valence-electron chi connectivity index (χ2n) is 5.29. The van der Waals surface area contributed by atoms with Crippen LogP contribution in [0.5, 0.6) is 0 Å². The molecule has 0 bridgehead atoms. The molecule has 1 unspecified atom stereocenters. The molecule has 1 aromatic rings. The molecule has 0 radical (unpaired) electrons. The van der Waals surface area contributed by atoms with Crippen LogP contribution in [-0.2, 0) is 6.54 Å². The van der Waals surface area contributed by atoms with Crippen LogP contribution in [0.3, 0.4) is 0 Å². The Morgan fingerprint density at radius 1 is 1.50 bits per heavy atom. The molecule has 0 aliphatic carbocycles. The topological polar surface area (TPSA) is 32.5 Å². The maximum Gasteiger partial charge on any atom is 0.150 e. The van der Waals surface area contributed by atoms with Gasteiger partial charge >= 0.3 is 0 Å². The average Bonchev–Trinajstić information content (AvgIpc) is 2.71. The van der Waals surface area contributed by atoms with Gasteiger partial charge in [-0.1, -0.05) is 12.1 Å². The van der Waals surface area contributed by atoms with Gasteiger partial charge in [0.05, 0.1) is 5.69 Å². The van der Waals surface area contributed by atoms with Gasteiger partial charge in [0.25, 0.3) is 0 Å². The summed E-state index contributed by atoms with van der Waals surface area (Å²) in [6, 6.07) is 5.81. The Hall–Kier alpha value is -1.13. The van der Waals surface area contributed by atoms with Crippen LogP contribution in [0.15, 0.2) is 18.2 Å². The molecule has 1 aromatic carbocycles. The van der Waals surface area contributed by atoms with Crippen molar-refractivity contribution in [2.75, 3.05) is 32.9 Å². The van der Waals surface area contributed by atoms with E-state index in [9.17, 15) is 4.39 Å². The Kier molecular flexibility index (Phi) is 4.19. The molecule has 0 aromatic heterocycles. The number of anilines is 1. The van der Waals surface area contributed by atoms with Gasteiger partial charge in [0.15, 0.2) is 5.82 Å². The third kappa shape index (κ3) is 3.00. The second kappa shape index (κ2) is 5.67. The first kappa shape index (κ1) is 13.3. The van der Waals surface area contributed by atoms with Crippen molar-refractivity contribution in [3.05, 3.63) is 29.6 Å². The first-order valence-corrected chi connectivity index (χ1v) is 6.49. The lowest BCUT2D eigenvalue weighted by Gasteiger charge is -2.26. The van der Waals surface area contributed by atoms with Crippen molar-refractivity contribution in [2.24, 2.45) is 0 Å². The predicted molar refractivity (Wildman–Crippen MR) is 72.8 cm³/mol. The van der Waals surface area contributed by atoms with Crippen molar-refractivity contribution >= 4 is 5.69 Å². The Labute approximate surface area is 108 Å². The third-order valence-electron chi connectivity index (χ3n) is 3.74. The Morgan fingerprint density at radius 3 is 2.94 bits per heavy atom. The summed E-state index contributed by atoms with van der Waals surface area (Å²) in [5.74, 6) is -0.274. The van der Waals surface area contributed by atoms with E-state index in [1.165, 1.54) is 19.4 Å². The molecule has 1 atom stereocenters. The van der Waals surface area contributed by atoms with Gasteiger partial charge in [-0.3, -0.25) is 0 Å². The van der Waals surface area contributed by atoms with Gasteiger partial charge in [-0.15, -0.1) is 0 Å². The van der Waals surface area contributed by atoms with E-state index in [0.717, 1.165) is 6.54 Å². The minimum absolute atomic E-state index is 0.235. The fraction of sp³-hybridized carbons (Fsp3) is 0.571. The summed E-state index contributed by atoms with van der Waals surface area (Å²) in [5, 5.41) is 0. The van der Waals surface area contributed by atoms with E-state index < -0.39 is 0 Å². The number of rotatable bonds is 4. The normalized spacial score (nSPS) is 20.8.